The van der Waals surface area contributed by atoms with E-state index in [9.17, 15) is 9.90 Å². The van der Waals surface area contributed by atoms with Gasteiger partial charge in [0.2, 0.25) is 0 Å². The lowest BCUT2D eigenvalue weighted by Crippen LogP contribution is -2.59. The second kappa shape index (κ2) is 5.70. The SMILES string of the molecule is C[C@H]1CC[C@@]23CO[C@@H](C=C2CO)C[C@H]3[C@]1(C)CCC1=CC(=O)OC1. The van der Waals surface area contributed by atoms with Crippen molar-refractivity contribution >= 4 is 5.97 Å². The highest BCUT2D eigenvalue weighted by Gasteiger charge is 2.59. The number of carbonyl (C=O) groups excluding carboxylic acids is 1. The maximum absolute atomic E-state index is 11.3. The summed E-state index contributed by atoms with van der Waals surface area (Å²) in [6, 6.07) is 0. The molecule has 4 heteroatoms. The van der Waals surface area contributed by atoms with Crippen LogP contribution in [-0.2, 0) is 14.3 Å². The van der Waals surface area contributed by atoms with Gasteiger partial charge in [-0.05, 0) is 60.5 Å². The van der Waals surface area contributed by atoms with Crippen LogP contribution in [0.5, 0.6) is 0 Å². The largest absolute Gasteiger partial charge is 0.458 e. The molecule has 1 saturated heterocycles. The third-order valence-electron chi connectivity index (χ3n) is 7.54. The molecule has 0 aromatic rings. The zero-order chi connectivity index (χ0) is 16.9. The van der Waals surface area contributed by atoms with Crippen LogP contribution in [0, 0.1) is 22.7 Å². The molecule has 0 aromatic carbocycles. The van der Waals surface area contributed by atoms with E-state index < -0.39 is 0 Å². The van der Waals surface area contributed by atoms with Gasteiger partial charge in [0.05, 0.1) is 19.3 Å². The van der Waals surface area contributed by atoms with E-state index in [0.717, 1.165) is 37.9 Å². The van der Waals surface area contributed by atoms with Crippen molar-refractivity contribution in [3.05, 3.63) is 23.3 Å². The highest BCUT2D eigenvalue weighted by atomic mass is 16.5. The predicted octanol–water partition coefficient (Wildman–Crippen LogP) is 3.01. The maximum atomic E-state index is 11.3. The summed E-state index contributed by atoms with van der Waals surface area (Å²) >= 11 is 0. The summed E-state index contributed by atoms with van der Waals surface area (Å²) in [5, 5.41) is 9.93. The Bertz CT molecular complexity index is 607. The summed E-state index contributed by atoms with van der Waals surface area (Å²) in [6.07, 6.45) is 9.39. The molecule has 2 fully saturated rings. The van der Waals surface area contributed by atoms with Gasteiger partial charge in [0.25, 0.3) is 0 Å². The molecule has 3 aliphatic heterocycles. The van der Waals surface area contributed by atoms with Crippen molar-refractivity contribution in [2.24, 2.45) is 22.7 Å². The number of hydrogen-bond acceptors (Lipinski definition) is 4. The monoisotopic (exact) mass is 332 g/mol. The Morgan fingerprint density at radius 1 is 1.42 bits per heavy atom. The van der Waals surface area contributed by atoms with E-state index in [1.807, 2.05) is 0 Å². The summed E-state index contributed by atoms with van der Waals surface area (Å²) < 4.78 is 11.1. The number of cyclic esters (lactones) is 1. The summed E-state index contributed by atoms with van der Waals surface area (Å²) in [5.74, 6) is 1.00. The van der Waals surface area contributed by atoms with Crippen LogP contribution in [0.15, 0.2) is 23.3 Å². The van der Waals surface area contributed by atoms with E-state index in [0.29, 0.717) is 18.4 Å². The van der Waals surface area contributed by atoms with Crippen LogP contribution in [0.1, 0.15) is 46.0 Å². The first-order valence-corrected chi connectivity index (χ1v) is 9.28. The average Bonchev–Trinajstić information content (AvgIpc) is 3.02. The number of ether oxygens (including phenoxy) is 2. The van der Waals surface area contributed by atoms with E-state index in [2.05, 4.69) is 19.9 Å². The minimum absolute atomic E-state index is 0.0289. The fourth-order valence-corrected chi connectivity index (χ4v) is 5.78. The van der Waals surface area contributed by atoms with Crippen molar-refractivity contribution in [2.75, 3.05) is 19.8 Å². The third-order valence-corrected chi connectivity index (χ3v) is 7.54. The summed E-state index contributed by atoms with van der Waals surface area (Å²) in [4.78, 5) is 11.3. The van der Waals surface area contributed by atoms with Gasteiger partial charge in [-0.1, -0.05) is 19.9 Å². The van der Waals surface area contributed by atoms with Crippen molar-refractivity contribution in [3.8, 4) is 0 Å². The minimum atomic E-state index is -0.195. The number of carbonyl (C=O) groups is 1. The first-order valence-electron chi connectivity index (χ1n) is 9.28. The van der Waals surface area contributed by atoms with Gasteiger partial charge in [0, 0.05) is 11.5 Å². The molecule has 24 heavy (non-hydrogen) atoms. The highest BCUT2D eigenvalue weighted by Crippen LogP contribution is 2.64. The minimum Gasteiger partial charge on any atom is -0.458 e. The number of hydrogen-bond donors (Lipinski definition) is 1. The van der Waals surface area contributed by atoms with Crippen LogP contribution in [-0.4, -0.2) is 37.0 Å². The van der Waals surface area contributed by atoms with E-state index in [1.165, 1.54) is 12.0 Å². The fourth-order valence-electron chi connectivity index (χ4n) is 5.78. The van der Waals surface area contributed by atoms with Crippen LogP contribution in [0.3, 0.4) is 0 Å². The van der Waals surface area contributed by atoms with Gasteiger partial charge >= 0.3 is 5.97 Å². The number of esters is 1. The molecule has 5 atom stereocenters. The van der Waals surface area contributed by atoms with Gasteiger partial charge in [0.1, 0.15) is 6.61 Å². The third kappa shape index (κ3) is 2.30. The van der Waals surface area contributed by atoms with Crippen molar-refractivity contribution in [1.29, 1.82) is 0 Å². The fraction of sp³-hybridized carbons (Fsp3) is 0.750. The Hall–Kier alpha value is -1.13. The Morgan fingerprint density at radius 3 is 2.96 bits per heavy atom. The molecule has 0 aromatic heterocycles. The number of aliphatic hydroxyl groups excluding tert-OH is 1. The quantitative estimate of drug-likeness (QED) is 0.635. The second-order valence-electron chi connectivity index (χ2n) is 8.50. The molecular formula is C20H28O4. The molecule has 1 spiro atoms. The molecule has 5 rings (SSSR count). The van der Waals surface area contributed by atoms with Gasteiger partial charge in [-0.25, -0.2) is 4.79 Å². The Morgan fingerprint density at radius 2 is 2.25 bits per heavy atom. The first kappa shape index (κ1) is 16.3. The molecule has 132 valence electrons. The number of fused-ring (bicyclic) bond motifs is 1. The summed E-state index contributed by atoms with van der Waals surface area (Å²) in [6.45, 7) is 6.20. The highest BCUT2D eigenvalue weighted by molar-refractivity contribution is 5.85. The smallest absolute Gasteiger partial charge is 0.331 e. The molecule has 5 aliphatic rings. The van der Waals surface area contributed by atoms with Gasteiger partial charge in [-0.15, -0.1) is 0 Å². The lowest BCUT2D eigenvalue weighted by molar-refractivity contribution is -0.164. The van der Waals surface area contributed by atoms with E-state index in [-0.39, 0.29) is 29.5 Å². The van der Waals surface area contributed by atoms with Crippen molar-refractivity contribution in [3.63, 3.8) is 0 Å². The van der Waals surface area contributed by atoms with Crippen molar-refractivity contribution < 1.29 is 19.4 Å². The van der Waals surface area contributed by atoms with E-state index >= 15 is 0 Å². The summed E-state index contributed by atoms with van der Waals surface area (Å²) in [5.41, 5.74) is 2.58. The van der Waals surface area contributed by atoms with Crippen LogP contribution in [0.4, 0.5) is 0 Å². The first-order chi connectivity index (χ1) is 11.5. The molecule has 2 bridgehead atoms. The Labute approximate surface area is 143 Å². The molecule has 2 aliphatic carbocycles. The molecule has 0 unspecified atom stereocenters. The number of rotatable bonds is 4. The molecule has 0 radical (unpaired) electrons. The Balaban J connectivity index is 1.61. The van der Waals surface area contributed by atoms with Gasteiger partial charge in [-0.3, -0.25) is 0 Å². The normalized spacial score (nSPS) is 44.0. The van der Waals surface area contributed by atoms with Gasteiger partial charge in [-0.2, -0.15) is 0 Å². The summed E-state index contributed by atoms with van der Waals surface area (Å²) in [7, 11) is 0. The lowest BCUT2D eigenvalue weighted by Gasteiger charge is -2.62. The second-order valence-corrected chi connectivity index (χ2v) is 8.50. The topological polar surface area (TPSA) is 55.8 Å². The van der Waals surface area contributed by atoms with Crippen LogP contribution < -0.4 is 0 Å². The molecular weight excluding hydrogens is 304 g/mol. The molecule has 0 amide bonds. The van der Waals surface area contributed by atoms with E-state index in [4.69, 9.17) is 9.47 Å². The predicted molar refractivity (Wildman–Crippen MR) is 90.2 cm³/mol. The van der Waals surface area contributed by atoms with Gasteiger partial charge in [0.15, 0.2) is 0 Å². The zero-order valence-electron chi connectivity index (χ0n) is 14.7. The molecule has 1 N–H and O–H groups in total. The standard InChI is InChI=1S/C20H28O4/c1-13-3-6-20-12-24-16(8-15(20)10-21)9-17(20)19(13,2)5-4-14-7-18(22)23-11-14/h7-8,13,16-17,21H,3-6,9-12H2,1-2H3/t13-,16-,17-,19+,20+/m0/s1. The molecule has 3 heterocycles. The van der Waals surface area contributed by atoms with E-state index in [1.54, 1.807) is 6.08 Å². The van der Waals surface area contributed by atoms with Crippen molar-refractivity contribution in [1.82, 2.24) is 0 Å². The Kier molecular flexibility index (Phi) is 3.88. The molecule has 4 nitrogen and oxygen atoms in total. The maximum Gasteiger partial charge on any atom is 0.331 e. The average molecular weight is 332 g/mol. The van der Waals surface area contributed by atoms with Crippen LogP contribution >= 0.6 is 0 Å². The van der Waals surface area contributed by atoms with Crippen LogP contribution in [0.2, 0.25) is 0 Å². The van der Waals surface area contributed by atoms with Crippen LogP contribution in [0.25, 0.3) is 0 Å². The zero-order valence-corrected chi connectivity index (χ0v) is 14.7. The van der Waals surface area contributed by atoms with Crippen molar-refractivity contribution in [2.45, 2.75) is 52.1 Å². The number of aliphatic hydroxyl groups is 1. The molecule has 1 saturated carbocycles. The lowest BCUT2D eigenvalue weighted by atomic mass is 9.45. The van der Waals surface area contributed by atoms with Gasteiger partial charge < -0.3 is 14.6 Å².